The Morgan fingerprint density at radius 1 is 1.14 bits per heavy atom. The first-order chi connectivity index (χ1) is 12.8. The number of rotatable bonds is 4. The zero-order chi connectivity index (χ0) is 21.1. The number of halogens is 1. The third-order valence-electron chi connectivity index (χ3n) is 4.50. The molecule has 1 fully saturated rings. The van der Waals surface area contributed by atoms with E-state index in [0.29, 0.717) is 19.5 Å². The van der Waals surface area contributed by atoms with Crippen molar-refractivity contribution in [3.05, 3.63) is 34.3 Å². The molecule has 0 aliphatic carbocycles. The van der Waals surface area contributed by atoms with Gasteiger partial charge < -0.3 is 14.4 Å². The molecule has 1 unspecified atom stereocenters. The van der Waals surface area contributed by atoms with E-state index in [-0.39, 0.29) is 23.9 Å². The molecule has 5 nitrogen and oxygen atoms in total. The van der Waals surface area contributed by atoms with E-state index in [4.69, 9.17) is 9.47 Å². The third-order valence-corrected chi connectivity index (χ3v) is 4.99. The van der Waals surface area contributed by atoms with Crippen LogP contribution in [0.5, 0.6) is 0 Å². The minimum atomic E-state index is -0.546. The normalized spacial score (nSPS) is 18.7. The standard InChI is InChI=1S/C22H32BrNO4/c1-21(2,3)27-19(25)18(13-15-8-7-9-17(23)12-15)16-10-11-24(14-16)20(26)28-22(4,5)6/h7-9,12,16,18H,10-11,13-14H2,1-6H3/t16-,18?/m0/s1. The largest absolute Gasteiger partial charge is 0.460 e. The second-order valence-electron chi connectivity index (χ2n) is 9.45. The van der Waals surface area contributed by atoms with E-state index in [1.54, 1.807) is 4.90 Å². The van der Waals surface area contributed by atoms with Crippen LogP contribution in [0.3, 0.4) is 0 Å². The molecule has 1 amide bonds. The highest BCUT2D eigenvalue weighted by Crippen LogP contribution is 2.31. The van der Waals surface area contributed by atoms with Gasteiger partial charge in [0.1, 0.15) is 11.2 Å². The molecule has 1 saturated heterocycles. The Bertz CT molecular complexity index is 705. The zero-order valence-electron chi connectivity index (χ0n) is 17.8. The molecule has 0 spiro atoms. The number of amides is 1. The maximum absolute atomic E-state index is 13.0. The van der Waals surface area contributed by atoms with Crippen LogP contribution in [0.1, 0.15) is 53.5 Å². The van der Waals surface area contributed by atoms with Gasteiger partial charge in [-0.25, -0.2) is 4.79 Å². The Kier molecular flexibility index (Phi) is 7.18. The Morgan fingerprint density at radius 3 is 2.36 bits per heavy atom. The van der Waals surface area contributed by atoms with Crippen LogP contribution in [0.25, 0.3) is 0 Å². The van der Waals surface area contributed by atoms with Gasteiger partial charge in [0.05, 0.1) is 5.92 Å². The van der Waals surface area contributed by atoms with Gasteiger partial charge in [0.2, 0.25) is 0 Å². The van der Waals surface area contributed by atoms with Gasteiger partial charge >= 0.3 is 12.1 Å². The number of nitrogens with zero attached hydrogens (tertiary/aromatic N) is 1. The Labute approximate surface area is 176 Å². The maximum atomic E-state index is 13.0. The summed E-state index contributed by atoms with van der Waals surface area (Å²) in [7, 11) is 0. The molecule has 0 bridgehead atoms. The van der Waals surface area contributed by atoms with Crippen LogP contribution in [0.2, 0.25) is 0 Å². The van der Waals surface area contributed by atoms with Gasteiger partial charge in [0.15, 0.2) is 0 Å². The van der Waals surface area contributed by atoms with Crippen LogP contribution in [0.15, 0.2) is 28.7 Å². The fraction of sp³-hybridized carbons (Fsp3) is 0.636. The van der Waals surface area contributed by atoms with E-state index >= 15 is 0 Å². The average molecular weight is 454 g/mol. The topological polar surface area (TPSA) is 55.8 Å². The number of hydrogen-bond donors (Lipinski definition) is 0. The molecule has 156 valence electrons. The summed E-state index contributed by atoms with van der Waals surface area (Å²) in [6, 6.07) is 7.97. The highest BCUT2D eigenvalue weighted by atomic mass is 79.9. The summed E-state index contributed by atoms with van der Waals surface area (Å²) in [5.41, 5.74) is -0.00694. The zero-order valence-corrected chi connectivity index (χ0v) is 19.3. The molecular formula is C22H32BrNO4. The molecule has 1 aromatic rings. The summed E-state index contributed by atoms with van der Waals surface area (Å²) in [6.07, 6.45) is 1.03. The van der Waals surface area contributed by atoms with E-state index in [2.05, 4.69) is 15.9 Å². The molecule has 2 atom stereocenters. The number of carbonyl (C=O) groups excluding carboxylic acids is 2. The Morgan fingerprint density at radius 2 is 1.79 bits per heavy atom. The lowest BCUT2D eigenvalue weighted by molar-refractivity contribution is -0.161. The van der Waals surface area contributed by atoms with Crippen molar-refractivity contribution in [3.8, 4) is 0 Å². The number of ether oxygens (including phenoxy) is 2. The molecule has 0 saturated carbocycles. The Balaban J connectivity index is 2.15. The second kappa shape index (κ2) is 8.85. The monoisotopic (exact) mass is 453 g/mol. The van der Waals surface area contributed by atoms with Gasteiger partial charge in [-0.3, -0.25) is 4.79 Å². The van der Waals surface area contributed by atoms with Crippen LogP contribution in [-0.2, 0) is 20.7 Å². The fourth-order valence-corrected chi connectivity index (χ4v) is 3.79. The Hall–Kier alpha value is -1.56. The molecule has 0 radical (unpaired) electrons. The lowest BCUT2D eigenvalue weighted by atomic mass is 9.86. The SMILES string of the molecule is CC(C)(C)OC(=O)C(Cc1cccc(Br)c1)[C@H]1CCN(C(=O)OC(C)(C)C)C1. The molecule has 6 heteroatoms. The van der Waals surface area contributed by atoms with Crippen LogP contribution >= 0.6 is 15.9 Å². The van der Waals surface area contributed by atoms with E-state index in [0.717, 1.165) is 16.5 Å². The van der Waals surface area contributed by atoms with Crippen LogP contribution in [0, 0.1) is 11.8 Å². The molecule has 0 N–H and O–H groups in total. The minimum absolute atomic E-state index is 0.0429. The molecular weight excluding hydrogens is 422 g/mol. The summed E-state index contributed by atoms with van der Waals surface area (Å²) >= 11 is 3.49. The molecule has 1 heterocycles. The molecule has 0 aromatic heterocycles. The number of esters is 1. The number of carbonyl (C=O) groups is 2. The molecule has 2 rings (SSSR count). The highest BCUT2D eigenvalue weighted by molar-refractivity contribution is 9.10. The first-order valence-corrected chi connectivity index (χ1v) is 10.6. The number of likely N-dealkylation sites (tertiary alicyclic amines) is 1. The predicted molar refractivity (Wildman–Crippen MR) is 113 cm³/mol. The maximum Gasteiger partial charge on any atom is 0.410 e. The summed E-state index contributed by atoms with van der Waals surface area (Å²) in [4.78, 5) is 27.1. The summed E-state index contributed by atoms with van der Waals surface area (Å²) in [5, 5.41) is 0. The van der Waals surface area contributed by atoms with Gasteiger partial charge in [-0.2, -0.15) is 0 Å². The summed E-state index contributed by atoms with van der Waals surface area (Å²) in [6.45, 7) is 12.3. The summed E-state index contributed by atoms with van der Waals surface area (Å²) < 4.78 is 12.2. The van der Waals surface area contributed by atoms with Crippen molar-refractivity contribution in [1.82, 2.24) is 4.90 Å². The van der Waals surface area contributed by atoms with Crippen molar-refractivity contribution in [2.45, 2.75) is 65.6 Å². The van der Waals surface area contributed by atoms with Gasteiger partial charge in [0.25, 0.3) is 0 Å². The first-order valence-electron chi connectivity index (χ1n) is 9.79. The molecule has 1 aliphatic heterocycles. The van der Waals surface area contributed by atoms with Gasteiger partial charge in [-0.1, -0.05) is 28.1 Å². The van der Waals surface area contributed by atoms with Crippen LogP contribution < -0.4 is 0 Å². The predicted octanol–water partition coefficient (Wildman–Crippen LogP) is 5.21. The average Bonchev–Trinajstić information content (AvgIpc) is 2.99. The lowest BCUT2D eigenvalue weighted by Gasteiger charge is -2.28. The van der Waals surface area contributed by atoms with Gasteiger partial charge in [0, 0.05) is 17.6 Å². The molecule has 1 aliphatic rings. The van der Waals surface area contributed by atoms with Crippen molar-refractivity contribution in [1.29, 1.82) is 0 Å². The van der Waals surface area contributed by atoms with Gasteiger partial charge in [-0.15, -0.1) is 0 Å². The fourth-order valence-electron chi connectivity index (χ4n) is 3.35. The second-order valence-corrected chi connectivity index (χ2v) is 10.4. The van der Waals surface area contributed by atoms with E-state index < -0.39 is 11.2 Å². The van der Waals surface area contributed by atoms with Crippen molar-refractivity contribution >= 4 is 28.0 Å². The van der Waals surface area contributed by atoms with E-state index in [1.807, 2.05) is 65.8 Å². The minimum Gasteiger partial charge on any atom is -0.460 e. The number of hydrogen-bond acceptors (Lipinski definition) is 4. The first kappa shape index (κ1) is 22.7. The van der Waals surface area contributed by atoms with Crippen molar-refractivity contribution in [3.63, 3.8) is 0 Å². The van der Waals surface area contributed by atoms with Crippen LogP contribution in [-0.4, -0.2) is 41.3 Å². The van der Waals surface area contributed by atoms with Crippen molar-refractivity contribution < 1.29 is 19.1 Å². The van der Waals surface area contributed by atoms with E-state index in [1.165, 1.54) is 0 Å². The molecule has 28 heavy (non-hydrogen) atoms. The highest BCUT2D eigenvalue weighted by Gasteiger charge is 2.39. The smallest absolute Gasteiger partial charge is 0.410 e. The molecule has 1 aromatic carbocycles. The quantitative estimate of drug-likeness (QED) is 0.587. The summed E-state index contributed by atoms with van der Waals surface area (Å²) in [5.74, 6) is -0.467. The van der Waals surface area contributed by atoms with Crippen LogP contribution in [0.4, 0.5) is 4.79 Å². The van der Waals surface area contributed by atoms with Crippen molar-refractivity contribution in [2.24, 2.45) is 11.8 Å². The van der Waals surface area contributed by atoms with Gasteiger partial charge in [-0.05, 0) is 78.0 Å². The number of benzene rings is 1. The lowest BCUT2D eigenvalue weighted by Crippen LogP contribution is -2.38. The van der Waals surface area contributed by atoms with E-state index in [9.17, 15) is 9.59 Å². The van der Waals surface area contributed by atoms with Crippen molar-refractivity contribution in [2.75, 3.05) is 13.1 Å². The third kappa shape index (κ3) is 7.12.